The van der Waals surface area contributed by atoms with Gasteiger partial charge >= 0.3 is 0 Å². The summed E-state index contributed by atoms with van der Waals surface area (Å²) < 4.78 is 12.5. The molecule has 0 bridgehead atoms. The number of amides is 1. The van der Waals surface area contributed by atoms with Crippen molar-refractivity contribution in [3.05, 3.63) is 16.1 Å². The summed E-state index contributed by atoms with van der Waals surface area (Å²) in [5, 5.41) is 2.59. The Morgan fingerprint density at radius 3 is 2.45 bits per heavy atom. The van der Waals surface area contributed by atoms with Crippen LogP contribution in [0.2, 0.25) is 0 Å². The first-order valence-corrected chi connectivity index (χ1v) is 10.4. The van der Waals surface area contributed by atoms with E-state index in [1.165, 1.54) is 12.8 Å². The van der Waals surface area contributed by atoms with Gasteiger partial charge in [-0.3, -0.25) is 9.00 Å². The van der Waals surface area contributed by atoms with E-state index in [1.54, 1.807) is 18.3 Å². The average molecular weight is 343 g/mol. The highest BCUT2D eigenvalue weighted by molar-refractivity contribution is 7.85. The lowest BCUT2D eigenvalue weighted by Crippen LogP contribution is -2.40. The van der Waals surface area contributed by atoms with Crippen LogP contribution >= 0.6 is 11.3 Å². The van der Waals surface area contributed by atoms with Gasteiger partial charge in [-0.05, 0) is 19.8 Å². The maximum Gasteiger partial charge on any atom is 0.238 e. The quantitative estimate of drug-likeness (QED) is 0.825. The van der Waals surface area contributed by atoms with E-state index in [0.717, 1.165) is 36.6 Å². The molecule has 0 N–H and O–H groups in total. The Morgan fingerprint density at radius 2 is 1.91 bits per heavy atom. The Morgan fingerprint density at radius 1 is 1.27 bits per heavy atom. The van der Waals surface area contributed by atoms with Gasteiger partial charge in [0.25, 0.3) is 0 Å². The number of thiazole rings is 1. The van der Waals surface area contributed by atoms with Crippen molar-refractivity contribution in [1.29, 1.82) is 0 Å². The van der Waals surface area contributed by atoms with Gasteiger partial charge in [0.15, 0.2) is 0 Å². The first kappa shape index (κ1) is 17.6. The molecule has 2 heterocycles. The van der Waals surface area contributed by atoms with Crippen molar-refractivity contribution in [2.75, 3.05) is 13.1 Å². The molecule has 1 aliphatic rings. The molecule has 0 unspecified atom stereocenters. The van der Waals surface area contributed by atoms with Crippen LogP contribution in [0.1, 0.15) is 63.1 Å². The second-order valence-corrected chi connectivity index (χ2v) is 8.89. The second-order valence-electron chi connectivity index (χ2n) is 6.24. The lowest BCUT2D eigenvalue weighted by atomic mass is 10.2. The molecule has 22 heavy (non-hydrogen) atoms. The van der Waals surface area contributed by atoms with Crippen LogP contribution in [-0.4, -0.2) is 38.3 Å². The Kier molecular flexibility index (Phi) is 6.56. The zero-order valence-electron chi connectivity index (χ0n) is 13.7. The van der Waals surface area contributed by atoms with Gasteiger partial charge in [0.05, 0.1) is 16.5 Å². The number of carbonyl (C=O) groups is 1. The summed E-state index contributed by atoms with van der Waals surface area (Å²) in [6, 6.07) is 0. The Balaban J connectivity index is 1.93. The summed E-state index contributed by atoms with van der Waals surface area (Å²) in [4.78, 5) is 18.9. The molecule has 4 nitrogen and oxygen atoms in total. The maximum atomic E-state index is 12.5. The van der Waals surface area contributed by atoms with Gasteiger partial charge < -0.3 is 4.90 Å². The molecule has 1 aromatic heterocycles. The third-order valence-corrected chi connectivity index (χ3v) is 6.78. The van der Waals surface area contributed by atoms with Crippen molar-refractivity contribution in [3.63, 3.8) is 0 Å². The molecule has 1 fully saturated rings. The Bertz CT molecular complexity index is 520. The fourth-order valence-electron chi connectivity index (χ4n) is 2.59. The topological polar surface area (TPSA) is 50.3 Å². The minimum atomic E-state index is -1.20. The van der Waals surface area contributed by atoms with E-state index >= 15 is 0 Å². The normalized spacial score (nSPS) is 19.0. The first-order chi connectivity index (χ1) is 10.5. The van der Waals surface area contributed by atoms with Crippen molar-refractivity contribution in [2.24, 2.45) is 0 Å². The van der Waals surface area contributed by atoms with Gasteiger partial charge in [0.1, 0.15) is 5.25 Å². The van der Waals surface area contributed by atoms with Gasteiger partial charge in [0.2, 0.25) is 5.91 Å². The van der Waals surface area contributed by atoms with Crippen LogP contribution in [0.4, 0.5) is 0 Å². The van der Waals surface area contributed by atoms with Crippen molar-refractivity contribution < 1.29 is 9.00 Å². The molecule has 0 spiro atoms. The molecule has 0 saturated carbocycles. The molecule has 1 saturated heterocycles. The Labute approximate surface area is 139 Å². The van der Waals surface area contributed by atoms with Gasteiger partial charge in [0, 0.05) is 35.2 Å². The molecular formula is C16H26N2O2S2. The third kappa shape index (κ3) is 4.62. The summed E-state index contributed by atoms with van der Waals surface area (Å²) >= 11 is 1.61. The molecule has 124 valence electrons. The summed E-state index contributed by atoms with van der Waals surface area (Å²) in [6.07, 6.45) is 4.51. The highest BCUT2D eigenvalue weighted by atomic mass is 32.2. The zero-order valence-corrected chi connectivity index (χ0v) is 15.3. The Hall–Kier alpha value is -0.750. The predicted octanol–water partition coefficient (Wildman–Crippen LogP) is 3.31. The van der Waals surface area contributed by atoms with Crippen LogP contribution in [0.25, 0.3) is 0 Å². The number of carbonyl (C=O) groups excluding carboxylic acids is 1. The summed E-state index contributed by atoms with van der Waals surface area (Å²) in [5.74, 6) is 0.812. The molecule has 1 aliphatic heterocycles. The van der Waals surface area contributed by atoms with E-state index in [0.29, 0.717) is 11.7 Å². The molecule has 1 amide bonds. The lowest BCUT2D eigenvalue weighted by molar-refractivity contribution is -0.130. The van der Waals surface area contributed by atoms with Crippen molar-refractivity contribution in [2.45, 2.75) is 63.4 Å². The van der Waals surface area contributed by atoms with E-state index in [-0.39, 0.29) is 5.91 Å². The third-order valence-electron chi connectivity index (χ3n) is 4.01. The smallest absolute Gasteiger partial charge is 0.238 e. The number of nitrogens with zero attached hydrogens (tertiary/aromatic N) is 2. The fourth-order valence-corrected chi connectivity index (χ4v) is 4.59. The molecule has 0 radical (unpaired) electrons. The van der Waals surface area contributed by atoms with Crippen molar-refractivity contribution in [3.8, 4) is 0 Å². The van der Waals surface area contributed by atoms with Crippen LogP contribution < -0.4 is 0 Å². The molecule has 0 aliphatic carbocycles. The van der Waals surface area contributed by atoms with Gasteiger partial charge in [-0.25, -0.2) is 4.98 Å². The number of hydrogen-bond donors (Lipinski definition) is 0. The summed E-state index contributed by atoms with van der Waals surface area (Å²) in [5.41, 5.74) is 0.850. The SMILES string of the molecule is CC(C)c1nc(C[S@@](=O)[C@H](C)C(=O)N2CCCCCC2)cs1. The molecule has 6 heteroatoms. The lowest BCUT2D eigenvalue weighted by Gasteiger charge is -2.23. The maximum absolute atomic E-state index is 12.5. The standard InChI is InChI=1S/C16H26N2O2S2/c1-12(2)15-17-14(10-21-15)11-22(20)13(3)16(19)18-8-6-4-5-7-9-18/h10,12-13H,4-9,11H2,1-3H3/t13-,22-/m1/s1. The summed E-state index contributed by atoms with van der Waals surface area (Å²) in [6.45, 7) is 7.62. The summed E-state index contributed by atoms with van der Waals surface area (Å²) in [7, 11) is -1.20. The molecule has 1 aromatic rings. The largest absolute Gasteiger partial charge is 0.342 e. The van der Waals surface area contributed by atoms with Crippen LogP contribution in [0.5, 0.6) is 0 Å². The van der Waals surface area contributed by atoms with Gasteiger partial charge in [-0.1, -0.05) is 26.7 Å². The zero-order chi connectivity index (χ0) is 16.1. The molecule has 2 rings (SSSR count). The van der Waals surface area contributed by atoms with Crippen molar-refractivity contribution >= 4 is 28.0 Å². The monoisotopic (exact) mass is 342 g/mol. The molecule has 0 aromatic carbocycles. The van der Waals surface area contributed by atoms with E-state index in [1.807, 2.05) is 10.3 Å². The number of hydrogen-bond acceptors (Lipinski definition) is 4. The number of rotatable bonds is 5. The minimum absolute atomic E-state index is 0.0412. The fraction of sp³-hybridized carbons (Fsp3) is 0.750. The van der Waals surface area contributed by atoms with E-state index in [2.05, 4.69) is 18.8 Å². The van der Waals surface area contributed by atoms with Crippen LogP contribution in [-0.2, 0) is 21.3 Å². The molecular weight excluding hydrogens is 316 g/mol. The van der Waals surface area contributed by atoms with Crippen molar-refractivity contribution in [1.82, 2.24) is 9.88 Å². The average Bonchev–Trinajstić information content (AvgIpc) is 2.79. The van der Waals surface area contributed by atoms with E-state index in [9.17, 15) is 9.00 Å². The highest BCUT2D eigenvalue weighted by Crippen LogP contribution is 2.21. The number of aromatic nitrogens is 1. The number of likely N-dealkylation sites (tertiary alicyclic amines) is 1. The van der Waals surface area contributed by atoms with E-state index < -0.39 is 16.0 Å². The van der Waals surface area contributed by atoms with Crippen LogP contribution in [0.15, 0.2) is 5.38 Å². The van der Waals surface area contributed by atoms with E-state index in [4.69, 9.17) is 0 Å². The van der Waals surface area contributed by atoms with Gasteiger partial charge in [-0.2, -0.15) is 0 Å². The van der Waals surface area contributed by atoms with Crippen LogP contribution in [0, 0.1) is 0 Å². The minimum Gasteiger partial charge on any atom is -0.342 e. The highest BCUT2D eigenvalue weighted by Gasteiger charge is 2.26. The second kappa shape index (κ2) is 8.20. The van der Waals surface area contributed by atoms with Gasteiger partial charge in [-0.15, -0.1) is 11.3 Å². The predicted molar refractivity (Wildman–Crippen MR) is 92.6 cm³/mol. The first-order valence-electron chi connectivity index (χ1n) is 8.09. The molecule has 2 atom stereocenters. The van der Waals surface area contributed by atoms with Crippen LogP contribution in [0.3, 0.4) is 0 Å².